The van der Waals surface area contributed by atoms with Crippen LogP contribution in [0.5, 0.6) is 0 Å². The van der Waals surface area contributed by atoms with Gasteiger partial charge in [0.15, 0.2) is 0 Å². The topological polar surface area (TPSA) is 46.5 Å². The van der Waals surface area contributed by atoms with Crippen molar-refractivity contribution in [3.63, 3.8) is 0 Å². The van der Waals surface area contributed by atoms with Crippen LogP contribution in [0.4, 0.5) is 0 Å². The number of esters is 1. The molecule has 0 amide bonds. The van der Waals surface area contributed by atoms with E-state index in [1.165, 1.54) is 6.92 Å². The molecule has 11 heavy (non-hydrogen) atoms. The minimum atomic E-state index is -0.527. The molecule has 0 aromatic carbocycles. The lowest BCUT2D eigenvalue weighted by atomic mass is 10.2. The van der Waals surface area contributed by atoms with Crippen molar-refractivity contribution in [2.24, 2.45) is 0 Å². The Morgan fingerprint density at radius 3 is 2.82 bits per heavy atom. The van der Waals surface area contributed by atoms with Crippen LogP contribution in [-0.2, 0) is 9.53 Å². The molecule has 0 saturated carbocycles. The minimum absolute atomic E-state index is 0.106. The largest absolute Gasteiger partial charge is 0.463 e. The summed E-state index contributed by atoms with van der Waals surface area (Å²) in [5, 5.41) is 9.12. The van der Waals surface area contributed by atoms with Gasteiger partial charge in [0.25, 0.3) is 0 Å². The number of carbonyl (C=O) groups excluding carboxylic acids is 1. The first-order valence-corrected chi connectivity index (χ1v) is 3.77. The fraction of sp³-hybridized carbons (Fsp3) is 0.750. The van der Waals surface area contributed by atoms with Gasteiger partial charge in [0.05, 0.1) is 6.10 Å². The molecule has 1 N–H and O–H groups in total. The zero-order valence-electron chi connectivity index (χ0n) is 6.88. The molecule has 0 aromatic rings. The fourth-order valence-electron chi connectivity index (χ4n) is 0.677. The molecule has 1 unspecified atom stereocenters. The van der Waals surface area contributed by atoms with Crippen molar-refractivity contribution in [3.05, 3.63) is 6.92 Å². The lowest BCUT2D eigenvalue weighted by Crippen LogP contribution is -2.16. The van der Waals surface area contributed by atoms with E-state index in [0.717, 1.165) is 12.8 Å². The molecule has 0 aliphatic rings. The third-order valence-corrected chi connectivity index (χ3v) is 1.27. The standard InChI is InChI=1S/C8H15O3/c1-3-4-5-8(10)6-11-7(2)9/h8,10H,1,3-6H2,2H3. The maximum atomic E-state index is 10.3. The van der Waals surface area contributed by atoms with Crippen molar-refractivity contribution in [3.8, 4) is 0 Å². The van der Waals surface area contributed by atoms with Crippen molar-refractivity contribution < 1.29 is 14.6 Å². The SMILES string of the molecule is [CH2]CCCC(O)COC(C)=O. The van der Waals surface area contributed by atoms with Crippen LogP contribution in [0.1, 0.15) is 26.2 Å². The van der Waals surface area contributed by atoms with E-state index in [2.05, 4.69) is 11.7 Å². The van der Waals surface area contributed by atoms with Gasteiger partial charge in [-0.25, -0.2) is 0 Å². The zero-order chi connectivity index (χ0) is 8.69. The Hall–Kier alpha value is -0.570. The number of hydrogen-bond acceptors (Lipinski definition) is 3. The summed E-state index contributed by atoms with van der Waals surface area (Å²) < 4.78 is 4.59. The first-order chi connectivity index (χ1) is 5.16. The lowest BCUT2D eigenvalue weighted by molar-refractivity contribution is -0.144. The molecular formula is C8H15O3. The lowest BCUT2D eigenvalue weighted by Gasteiger charge is -2.08. The number of hydrogen-bond donors (Lipinski definition) is 1. The summed E-state index contributed by atoms with van der Waals surface area (Å²) in [4.78, 5) is 10.3. The molecule has 0 fully saturated rings. The molecule has 3 nitrogen and oxygen atoms in total. The Balaban J connectivity index is 3.22. The average molecular weight is 159 g/mol. The minimum Gasteiger partial charge on any atom is -0.463 e. The van der Waals surface area contributed by atoms with E-state index in [9.17, 15) is 4.79 Å². The number of rotatable bonds is 5. The number of aliphatic hydroxyl groups is 1. The maximum Gasteiger partial charge on any atom is 0.302 e. The van der Waals surface area contributed by atoms with E-state index in [-0.39, 0.29) is 12.6 Å². The van der Waals surface area contributed by atoms with Gasteiger partial charge in [-0.15, -0.1) is 0 Å². The first-order valence-electron chi connectivity index (χ1n) is 3.77. The quantitative estimate of drug-likeness (QED) is 0.606. The molecule has 3 heteroatoms. The van der Waals surface area contributed by atoms with Gasteiger partial charge in [-0.1, -0.05) is 19.8 Å². The normalized spacial score (nSPS) is 12.6. The van der Waals surface area contributed by atoms with E-state index in [0.29, 0.717) is 6.42 Å². The summed E-state index contributed by atoms with van der Waals surface area (Å²) in [6.45, 7) is 5.07. The number of ether oxygens (including phenoxy) is 1. The molecule has 0 heterocycles. The van der Waals surface area contributed by atoms with Crippen LogP contribution in [-0.4, -0.2) is 23.8 Å². The fourth-order valence-corrected chi connectivity index (χ4v) is 0.677. The van der Waals surface area contributed by atoms with Crippen LogP contribution in [0, 0.1) is 6.92 Å². The van der Waals surface area contributed by atoms with Crippen molar-refractivity contribution in [1.29, 1.82) is 0 Å². The van der Waals surface area contributed by atoms with Crippen molar-refractivity contribution in [2.45, 2.75) is 32.3 Å². The van der Waals surface area contributed by atoms with Gasteiger partial charge in [-0.05, 0) is 6.42 Å². The zero-order valence-corrected chi connectivity index (χ0v) is 6.88. The van der Waals surface area contributed by atoms with Crippen molar-refractivity contribution in [2.75, 3.05) is 6.61 Å². The Morgan fingerprint density at radius 2 is 2.36 bits per heavy atom. The van der Waals surface area contributed by atoms with Crippen molar-refractivity contribution in [1.82, 2.24) is 0 Å². The van der Waals surface area contributed by atoms with E-state index < -0.39 is 6.10 Å². The summed E-state index contributed by atoms with van der Waals surface area (Å²) in [5.74, 6) is -0.348. The molecule has 0 saturated heterocycles. The number of aliphatic hydroxyl groups excluding tert-OH is 1. The molecule has 0 aliphatic heterocycles. The second-order valence-electron chi connectivity index (χ2n) is 2.45. The Labute approximate surface area is 67.4 Å². The van der Waals surface area contributed by atoms with E-state index in [1.807, 2.05) is 0 Å². The summed E-state index contributed by atoms with van der Waals surface area (Å²) in [6.07, 6.45) is 1.79. The van der Waals surface area contributed by atoms with E-state index in [1.54, 1.807) is 0 Å². The highest BCUT2D eigenvalue weighted by atomic mass is 16.5. The van der Waals surface area contributed by atoms with Crippen LogP contribution in [0.15, 0.2) is 0 Å². The molecule has 1 radical (unpaired) electrons. The van der Waals surface area contributed by atoms with Crippen LogP contribution in [0.2, 0.25) is 0 Å². The molecule has 65 valence electrons. The molecule has 1 atom stereocenters. The maximum absolute atomic E-state index is 10.3. The van der Waals surface area contributed by atoms with Gasteiger partial charge in [-0.3, -0.25) is 4.79 Å². The highest BCUT2D eigenvalue weighted by Crippen LogP contribution is 2.00. The van der Waals surface area contributed by atoms with Crippen LogP contribution < -0.4 is 0 Å². The Bertz CT molecular complexity index is 112. The third-order valence-electron chi connectivity index (χ3n) is 1.27. The average Bonchev–Trinajstić information content (AvgIpc) is 1.97. The third kappa shape index (κ3) is 7.33. The predicted octanol–water partition coefficient (Wildman–Crippen LogP) is 0.915. The van der Waals surface area contributed by atoms with Gasteiger partial charge in [0, 0.05) is 6.92 Å². The number of carbonyl (C=O) groups is 1. The molecule has 0 aromatic heterocycles. The molecule has 0 bridgehead atoms. The monoisotopic (exact) mass is 159 g/mol. The smallest absolute Gasteiger partial charge is 0.302 e. The van der Waals surface area contributed by atoms with Gasteiger partial charge in [-0.2, -0.15) is 0 Å². The second kappa shape index (κ2) is 6.16. The van der Waals surface area contributed by atoms with E-state index >= 15 is 0 Å². The first kappa shape index (κ1) is 10.4. The van der Waals surface area contributed by atoms with Crippen LogP contribution >= 0.6 is 0 Å². The van der Waals surface area contributed by atoms with Crippen LogP contribution in [0.25, 0.3) is 0 Å². The second-order valence-corrected chi connectivity index (χ2v) is 2.45. The molecule has 0 rings (SSSR count). The summed E-state index contributed by atoms with van der Waals surface area (Å²) >= 11 is 0. The molecule has 0 aliphatic carbocycles. The molecular weight excluding hydrogens is 144 g/mol. The highest BCUT2D eigenvalue weighted by molar-refractivity contribution is 5.65. The summed E-state index contributed by atoms with van der Waals surface area (Å²) in [5.41, 5.74) is 0. The summed E-state index contributed by atoms with van der Waals surface area (Å²) in [7, 11) is 0. The van der Waals surface area contributed by atoms with Gasteiger partial charge in [0.1, 0.15) is 6.61 Å². The highest BCUT2D eigenvalue weighted by Gasteiger charge is 2.04. The summed E-state index contributed by atoms with van der Waals surface area (Å²) in [6, 6.07) is 0. The Kier molecular flexibility index (Phi) is 5.84. The Morgan fingerprint density at radius 1 is 1.73 bits per heavy atom. The van der Waals surface area contributed by atoms with Crippen molar-refractivity contribution >= 4 is 5.97 Å². The molecule has 0 spiro atoms. The van der Waals surface area contributed by atoms with E-state index in [4.69, 9.17) is 5.11 Å². The van der Waals surface area contributed by atoms with Gasteiger partial charge in [0.2, 0.25) is 0 Å². The van der Waals surface area contributed by atoms with Gasteiger partial charge >= 0.3 is 5.97 Å². The number of unbranched alkanes of at least 4 members (excludes halogenated alkanes) is 1. The van der Waals surface area contributed by atoms with Crippen LogP contribution in [0.3, 0.4) is 0 Å². The predicted molar refractivity (Wildman–Crippen MR) is 41.8 cm³/mol. The van der Waals surface area contributed by atoms with Gasteiger partial charge < -0.3 is 9.84 Å².